The zero-order valence-corrected chi connectivity index (χ0v) is 44.0. The molecule has 3 aromatic carbocycles. The first-order chi connectivity index (χ1) is 37.7. The summed E-state index contributed by atoms with van der Waals surface area (Å²) in [6.07, 6.45) is 1.41. The van der Waals surface area contributed by atoms with Gasteiger partial charge in [-0.3, -0.25) is 58.0 Å². The lowest BCUT2D eigenvalue weighted by atomic mass is 9.81. The molecular weight excluding hydrogens is 1030 g/mol. The molecule has 2 fully saturated rings. The summed E-state index contributed by atoms with van der Waals surface area (Å²) in [5.41, 5.74) is 3.21. The van der Waals surface area contributed by atoms with E-state index in [0.717, 1.165) is 27.1 Å². The van der Waals surface area contributed by atoms with Gasteiger partial charge in [0.05, 0.1) is 32.8 Å². The van der Waals surface area contributed by atoms with Gasteiger partial charge in [0.25, 0.3) is 5.91 Å². The van der Waals surface area contributed by atoms with Gasteiger partial charge in [-0.05, 0) is 90.5 Å². The van der Waals surface area contributed by atoms with Crippen molar-refractivity contribution in [3.63, 3.8) is 0 Å². The zero-order chi connectivity index (χ0) is 57.4. The minimum atomic E-state index is -1.48. The van der Waals surface area contributed by atoms with Crippen molar-refractivity contribution in [2.75, 3.05) is 91.7 Å². The van der Waals surface area contributed by atoms with Gasteiger partial charge in [-0.25, -0.2) is 19.9 Å². The molecule has 432 valence electrons. The summed E-state index contributed by atoms with van der Waals surface area (Å²) in [4.78, 5) is 136. The Morgan fingerprint density at radius 2 is 1.00 bits per heavy atom. The second kappa shape index (κ2) is 31.8. The zero-order valence-electron chi connectivity index (χ0n) is 44.0. The summed E-state index contributed by atoms with van der Waals surface area (Å²) in [5, 5.41) is 70.6. The number of carboxylic acids is 6. The second-order valence-corrected chi connectivity index (χ2v) is 20.0. The van der Waals surface area contributed by atoms with Crippen LogP contribution in [0.25, 0.3) is 21.5 Å². The Bertz CT molecular complexity index is 2530. The minimum Gasteiger partial charge on any atom is -0.481 e. The molecule has 0 unspecified atom stereocenters. The lowest BCUT2D eigenvalue weighted by Gasteiger charge is -2.33. The van der Waals surface area contributed by atoms with Crippen LogP contribution in [0.3, 0.4) is 0 Å². The number of hydrogen-bond donors (Lipinski definition) is 11. The highest BCUT2D eigenvalue weighted by Gasteiger charge is 2.32. The summed E-state index contributed by atoms with van der Waals surface area (Å²) < 4.78 is 0. The van der Waals surface area contributed by atoms with E-state index in [1.807, 2.05) is 59.5 Å². The summed E-state index contributed by atoms with van der Waals surface area (Å²) in [6, 6.07) is 12.2. The Morgan fingerprint density at radius 1 is 0.544 bits per heavy atom. The molecule has 5 rings (SSSR count). The van der Waals surface area contributed by atoms with Crippen LogP contribution in [0.15, 0.2) is 54.6 Å². The van der Waals surface area contributed by atoms with E-state index in [1.165, 1.54) is 0 Å². The number of nitrogens with zero attached hydrogens (tertiary/aromatic N) is 4. The van der Waals surface area contributed by atoms with E-state index >= 15 is 0 Å². The SMILES string of the molecule is O=C(O)CCC[C@H](NC(=O)N[C@@H](CCCONC(=O)[C@H](Cc1c2ccccc2cc2ccccc12)NC(=O)C1CCC(CNC(=O)CN2CCN(CC(=O)O)CCN(CC(=O)O)CCN(CC(=O)O)CC2)CC1)C(=O)O)C(=O)O. The van der Waals surface area contributed by atoms with Crippen LogP contribution in [-0.2, 0) is 54.4 Å². The molecule has 0 bridgehead atoms. The van der Waals surface area contributed by atoms with Crippen LogP contribution in [0, 0.1) is 11.8 Å². The van der Waals surface area contributed by atoms with Gasteiger partial charge in [0.1, 0.15) is 18.1 Å². The van der Waals surface area contributed by atoms with Gasteiger partial charge in [-0.1, -0.05) is 48.5 Å². The van der Waals surface area contributed by atoms with Gasteiger partial charge >= 0.3 is 41.8 Å². The lowest BCUT2D eigenvalue weighted by Crippen LogP contribution is -2.51. The molecule has 26 nitrogen and oxygen atoms in total. The fraction of sp³-hybridized carbons (Fsp3) is 0.547. The van der Waals surface area contributed by atoms with Gasteiger partial charge in [0.15, 0.2) is 0 Å². The third kappa shape index (κ3) is 21.7. The minimum absolute atomic E-state index is 0.00395. The monoisotopic (exact) mass is 1110 g/mol. The highest BCUT2D eigenvalue weighted by Crippen LogP contribution is 2.31. The number of carbonyl (C=O) groups excluding carboxylic acids is 4. The number of fused-ring (bicyclic) bond motifs is 2. The Balaban J connectivity index is 1.17. The summed E-state index contributed by atoms with van der Waals surface area (Å²) in [5.74, 6) is -8.93. The van der Waals surface area contributed by atoms with Gasteiger partial charge in [0, 0.05) is 77.7 Å². The van der Waals surface area contributed by atoms with E-state index in [1.54, 1.807) is 14.7 Å². The van der Waals surface area contributed by atoms with E-state index in [2.05, 4.69) is 26.7 Å². The van der Waals surface area contributed by atoms with Crippen LogP contribution >= 0.6 is 0 Å². The number of carbonyl (C=O) groups is 10. The highest BCUT2D eigenvalue weighted by atomic mass is 16.7. The fourth-order valence-corrected chi connectivity index (χ4v) is 9.84. The number of hydroxylamine groups is 1. The fourth-order valence-electron chi connectivity index (χ4n) is 9.84. The van der Waals surface area contributed by atoms with E-state index in [4.69, 9.17) is 9.94 Å². The van der Waals surface area contributed by atoms with Crippen LogP contribution in [0.2, 0.25) is 0 Å². The first kappa shape index (κ1) is 62.3. The molecule has 1 saturated carbocycles. The van der Waals surface area contributed by atoms with Crippen molar-refractivity contribution in [1.29, 1.82) is 0 Å². The molecule has 1 aliphatic carbocycles. The molecule has 1 aliphatic heterocycles. The average Bonchev–Trinajstić information content (AvgIpc) is 3.39. The van der Waals surface area contributed by atoms with Crippen LogP contribution in [0.5, 0.6) is 0 Å². The summed E-state index contributed by atoms with van der Waals surface area (Å²) in [6.45, 7) is 1.28. The molecule has 1 heterocycles. The number of hydrogen-bond acceptors (Lipinski definition) is 15. The van der Waals surface area contributed by atoms with Crippen molar-refractivity contribution < 1.29 is 83.4 Å². The number of nitrogens with one attached hydrogen (secondary N) is 5. The predicted molar refractivity (Wildman–Crippen MR) is 284 cm³/mol. The van der Waals surface area contributed by atoms with Crippen molar-refractivity contribution in [3.05, 3.63) is 60.2 Å². The molecule has 0 radical (unpaired) electrons. The molecule has 26 heteroatoms. The number of aliphatic carboxylic acids is 6. The second-order valence-electron chi connectivity index (χ2n) is 20.0. The van der Waals surface area contributed by atoms with Crippen molar-refractivity contribution in [1.82, 2.24) is 46.3 Å². The first-order valence-corrected chi connectivity index (χ1v) is 26.4. The number of benzene rings is 3. The molecule has 3 aromatic rings. The van der Waals surface area contributed by atoms with Crippen molar-refractivity contribution >= 4 is 81.1 Å². The average molecular weight is 1110 g/mol. The van der Waals surface area contributed by atoms with Crippen molar-refractivity contribution in [3.8, 4) is 0 Å². The van der Waals surface area contributed by atoms with Crippen LogP contribution < -0.4 is 26.7 Å². The number of rotatable bonds is 28. The summed E-state index contributed by atoms with van der Waals surface area (Å²) >= 11 is 0. The number of urea groups is 1. The number of amides is 5. The number of carboxylic acid groups (broad SMARTS) is 6. The van der Waals surface area contributed by atoms with Gasteiger partial charge in [0.2, 0.25) is 11.8 Å². The normalized spacial score (nSPS) is 18.4. The Labute approximate surface area is 455 Å². The van der Waals surface area contributed by atoms with Gasteiger partial charge in [-0.15, -0.1) is 0 Å². The Morgan fingerprint density at radius 3 is 1.46 bits per heavy atom. The van der Waals surface area contributed by atoms with Crippen LogP contribution in [-0.4, -0.2) is 220 Å². The van der Waals surface area contributed by atoms with E-state index in [9.17, 15) is 73.5 Å². The van der Waals surface area contributed by atoms with Gasteiger partial charge in [-0.2, -0.15) is 0 Å². The van der Waals surface area contributed by atoms with Crippen molar-refractivity contribution in [2.45, 2.75) is 82.3 Å². The Hall–Kier alpha value is -7.52. The van der Waals surface area contributed by atoms with E-state index in [-0.39, 0.29) is 141 Å². The predicted octanol–water partition coefficient (Wildman–Crippen LogP) is 0.707. The van der Waals surface area contributed by atoms with Crippen LogP contribution in [0.4, 0.5) is 4.79 Å². The topological polar surface area (TPSA) is 374 Å². The Kier molecular flexibility index (Phi) is 25.1. The maximum Gasteiger partial charge on any atom is 0.326 e. The smallest absolute Gasteiger partial charge is 0.326 e. The third-order valence-corrected chi connectivity index (χ3v) is 14.1. The maximum absolute atomic E-state index is 14.1. The molecule has 2 aliphatic rings. The molecule has 3 atom stereocenters. The van der Waals surface area contributed by atoms with Gasteiger partial charge < -0.3 is 51.9 Å². The molecule has 79 heavy (non-hydrogen) atoms. The van der Waals surface area contributed by atoms with Crippen molar-refractivity contribution in [2.24, 2.45) is 11.8 Å². The standard InChI is InChI=1S/C53H73N9O17/c63-44(30-59-18-20-60(31-46(66)67)22-24-62(33-48(70)71)25-23-61(21-19-59)32-47(68)69)54-29-34-14-16-35(17-15-34)49(72)55-43(28-40-38-9-3-1-7-36(38)27-37-8-2-4-10-39(37)40)50(73)58-79-26-6-12-42(52(76)77)57-53(78)56-41(51(74)75)11-5-13-45(64)65/h1-4,7-10,27,34-35,41-43H,5-6,11-26,28-33H2,(H,54,63)(H,55,72)(H,58,73)(H,64,65)(H,66,67)(H,68,69)(H,70,71)(H,74,75)(H,76,77)(H2,56,57,78)/t34?,35?,41-,42-,43-/m0/s1. The molecule has 1 saturated heterocycles. The lowest BCUT2D eigenvalue weighted by molar-refractivity contribution is -0.141. The highest BCUT2D eigenvalue weighted by molar-refractivity contribution is 6.03. The molecule has 0 aromatic heterocycles. The maximum atomic E-state index is 14.1. The first-order valence-electron chi connectivity index (χ1n) is 26.4. The molecular formula is C53H73N9O17. The largest absolute Gasteiger partial charge is 0.481 e. The third-order valence-electron chi connectivity index (χ3n) is 14.1. The van der Waals surface area contributed by atoms with Crippen LogP contribution in [0.1, 0.15) is 63.4 Å². The molecule has 5 amide bonds. The molecule has 0 spiro atoms. The quantitative estimate of drug-likeness (QED) is 0.0271. The molecule has 11 N–H and O–H groups in total. The van der Waals surface area contributed by atoms with E-state index in [0.29, 0.717) is 32.2 Å². The van der Waals surface area contributed by atoms with E-state index < -0.39 is 71.8 Å². The summed E-state index contributed by atoms with van der Waals surface area (Å²) in [7, 11) is 0.